The van der Waals surface area contributed by atoms with Gasteiger partial charge in [0.25, 0.3) is 0 Å². The van der Waals surface area contributed by atoms with E-state index in [0.717, 1.165) is 36.9 Å². The molecule has 1 aliphatic rings. The molecular formula is C22H39IN4O2. The van der Waals surface area contributed by atoms with E-state index in [0.29, 0.717) is 12.5 Å². The molecule has 6 nitrogen and oxygen atoms in total. The van der Waals surface area contributed by atoms with Crippen LogP contribution in [0.5, 0.6) is 5.75 Å². The smallest absolute Gasteiger partial charge is 0.191 e. The number of hydrogen-bond donors (Lipinski definition) is 3. The second-order valence-corrected chi connectivity index (χ2v) is 7.97. The summed E-state index contributed by atoms with van der Waals surface area (Å²) < 4.78 is 5.72. The summed E-state index contributed by atoms with van der Waals surface area (Å²) in [5, 5.41) is 17.1. The van der Waals surface area contributed by atoms with E-state index in [2.05, 4.69) is 22.5 Å². The van der Waals surface area contributed by atoms with Crippen molar-refractivity contribution in [1.29, 1.82) is 0 Å². The molecule has 2 rings (SSSR count). The molecule has 0 aromatic heterocycles. The van der Waals surface area contributed by atoms with Gasteiger partial charge in [-0.1, -0.05) is 19.1 Å². The molecule has 1 saturated heterocycles. The molecule has 1 aliphatic heterocycles. The van der Waals surface area contributed by atoms with E-state index >= 15 is 0 Å². The summed E-state index contributed by atoms with van der Waals surface area (Å²) >= 11 is 0. The molecule has 2 atom stereocenters. The Labute approximate surface area is 193 Å². The molecule has 29 heavy (non-hydrogen) atoms. The Bertz CT molecular complexity index is 606. The third-order valence-electron chi connectivity index (χ3n) is 4.75. The van der Waals surface area contributed by atoms with Gasteiger partial charge in [0.15, 0.2) is 5.96 Å². The quantitative estimate of drug-likeness (QED) is 0.252. The number of ether oxygens (including phenoxy) is 1. The maximum Gasteiger partial charge on any atom is 0.191 e. The number of aliphatic hydroxyl groups is 1. The fraction of sp³-hybridized carbons (Fsp3) is 0.682. The molecule has 0 bridgehead atoms. The Morgan fingerprint density at radius 1 is 1.21 bits per heavy atom. The van der Waals surface area contributed by atoms with Crippen molar-refractivity contribution in [3.05, 3.63) is 29.8 Å². The number of nitrogens with zero attached hydrogens (tertiary/aromatic N) is 2. The Hall–Kier alpha value is -1.06. The van der Waals surface area contributed by atoms with Gasteiger partial charge in [-0.3, -0.25) is 4.99 Å². The maximum absolute atomic E-state index is 10.6. The summed E-state index contributed by atoms with van der Waals surface area (Å²) in [7, 11) is 0. The highest BCUT2D eigenvalue weighted by molar-refractivity contribution is 14.0. The Kier molecular flexibility index (Phi) is 12.6. The Morgan fingerprint density at radius 3 is 2.59 bits per heavy atom. The van der Waals surface area contributed by atoms with Crippen LogP contribution >= 0.6 is 24.0 Å². The lowest BCUT2D eigenvalue weighted by atomic mass is 10.1. The molecule has 166 valence electrons. The Morgan fingerprint density at radius 2 is 1.93 bits per heavy atom. The standard InChI is InChI=1S/C22H38N4O2.HI/c1-5-23-22(24-14-18(4)16-26-11-6-7-12-26)25-15-21(27)19-9-8-10-20(13-19)28-17(2)3;/h8-10,13,17-18,21,27H,5-7,11-12,14-16H2,1-4H3,(H2,23,24,25);1H. The molecule has 3 N–H and O–H groups in total. The lowest BCUT2D eigenvalue weighted by molar-refractivity contribution is 0.179. The van der Waals surface area contributed by atoms with Gasteiger partial charge in [0, 0.05) is 26.2 Å². The average molecular weight is 518 g/mol. The van der Waals surface area contributed by atoms with Gasteiger partial charge in [-0.2, -0.15) is 0 Å². The zero-order chi connectivity index (χ0) is 20.4. The number of aliphatic hydroxyl groups excluding tert-OH is 1. The van der Waals surface area contributed by atoms with Crippen molar-refractivity contribution in [3.8, 4) is 5.75 Å². The van der Waals surface area contributed by atoms with Crippen LogP contribution in [0, 0.1) is 5.92 Å². The van der Waals surface area contributed by atoms with E-state index < -0.39 is 6.10 Å². The van der Waals surface area contributed by atoms with E-state index in [1.54, 1.807) is 0 Å². The third kappa shape index (κ3) is 10.00. The van der Waals surface area contributed by atoms with Gasteiger partial charge in [-0.05, 0) is 70.3 Å². The summed E-state index contributed by atoms with van der Waals surface area (Å²) in [5.41, 5.74) is 0.837. The predicted octanol–water partition coefficient (Wildman–Crippen LogP) is 3.41. The first-order valence-electron chi connectivity index (χ1n) is 10.7. The normalized spacial score (nSPS) is 17.0. The highest BCUT2D eigenvalue weighted by Crippen LogP contribution is 2.20. The zero-order valence-corrected chi connectivity index (χ0v) is 20.7. The predicted molar refractivity (Wildman–Crippen MR) is 131 cm³/mol. The van der Waals surface area contributed by atoms with Crippen molar-refractivity contribution in [2.75, 3.05) is 39.3 Å². The largest absolute Gasteiger partial charge is 0.491 e. The second-order valence-electron chi connectivity index (χ2n) is 7.97. The summed E-state index contributed by atoms with van der Waals surface area (Å²) in [6.07, 6.45) is 2.13. The highest BCUT2D eigenvalue weighted by Gasteiger charge is 2.15. The van der Waals surface area contributed by atoms with E-state index in [9.17, 15) is 5.11 Å². The van der Waals surface area contributed by atoms with Crippen LogP contribution in [0.3, 0.4) is 0 Å². The van der Waals surface area contributed by atoms with Gasteiger partial charge in [0.1, 0.15) is 5.75 Å². The first kappa shape index (κ1) is 26.0. The van der Waals surface area contributed by atoms with Crippen molar-refractivity contribution in [2.45, 2.75) is 52.7 Å². The monoisotopic (exact) mass is 518 g/mol. The van der Waals surface area contributed by atoms with Crippen LogP contribution in [0.15, 0.2) is 29.3 Å². The van der Waals surface area contributed by atoms with Crippen LogP contribution in [0.25, 0.3) is 0 Å². The first-order valence-corrected chi connectivity index (χ1v) is 10.7. The lowest BCUT2D eigenvalue weighted by Gasteiger charge is -2.20. The lowest BCUT2D eigenvalue weighted by Crippen LogP contribution is -2.40. The van der Waals surface area contributed by atoms with E-state index in [1.807, 2.05) is 45.0 Å². The number of aliphatic imine (C=N–C) groups is 1. The number of hydrogen-bond acceptors (Lipinski definition) is 4. The molecule has 1 fully saturated rings. The minimum Gasteiger partial charge on any atom is -0.491 e. The number of halogens is 1. The molecule has 7 heteroatoms. The fourth-order valence-electron chi connectivity index (χ4n) is 3.43. The summed E-state index contributed by atoms with van der Waals surface area (Å²) in [4.78, 5) is 7.23. The van der Waals surface area contributed by atoms with Crippen LogP contribution in [0.4, 0.5) is 0 Å². The Balaban J connectivity index is 0.00000420. The number of likely N-dealkylation sites (tertiary alicyclic amines) is 1. The summed E-state index contributed by atoms with van der Waals surface area (Å²) in [5.74, 6) is 2.05. The van der Waals surface area contributed by atoms with Crippen LogP contribution in [-0.2, 0) is 0 Å². The second kappa shape index (κ2) is 14.0. The molecule has 0 saturated carbocycles. The molecule has 2 unspecified atom stereocenters. The summed E-state index contributed by atoms with van der Waals surface area (Å²) in [6.45, 7) is 13.8. The molecule has 1 aromatic carbocycles. The molecule has 1 aromatic rings. The molecule has 0 spiro atoms. The van der Waals surface area contributed by atoms with Crippen molar-refractivity contribution >= 4 is 29.9 Å². The van der Waals surface area contributed by atoms with Gasteiger partial charge in [-0.15, -0.1) is 24.0 Å². The van der Waals surface area contributed by atoms with E-state index in [-0.39, 0.29) is 30.1 Å². The van der Waals surface area contributed by atoms with Gasteiger partial charge in [-0.25, -0.2) is 0 Å². The van der Waals surface area contributed by atoms with Crippen molar-refractivity contribution < 1.29 is 9.84 Å². The molecule has 0 amide bonds. The number of guanidine groups is 1. The summed E-state index contributed by atoms with van der Waals surface area (Å²) in [6, 6.07) is 7.64. The highest BCUT2D eigenvalue weighted by atomic mass is 127. The SMILES string of the molecule is CCNC(=NCC(C)CN1CCCC1)NCC(O)c1cccc(OC(C)C)c1.I. The minimum absolute atomic E-state index is 0. The fourth-order valence-corrected chi connectivity index (χ4v) is 3.43. The van der Waals surface area contributed by atoms with E-state index in [1.165, 1.54) is 25.9 Å². The van der Waals surface area contributed by atoms with Crippen LogP contribution in [-0.4, -0.2) is 61.3 Å². The molecule has 0 aliphatic carbocycles. The van der Waals surface area contributed by atoms with Crippen molar-refractivity contribution in [1.82, 2.24) is 15.5 Å². The average Bonchev–Trinajstić information content (AvgIpc) is 3.16. The van der Waals surface area contributed by atoms with Crippen LogP contribution < -0.4 is 15.4 Å². The van der Waals surface area contributed by atoms with Gasteiger partial charge in [0.2, 0.25) is 0 Å². The first-order chi connectivity index (χ1) is 13.5. The molecular weight excluding hydrogens is 479 g/mol. The van der Waals surface area contributed by atoms with Gasteiger partial charge < -0.3 is 25.4 Å². The van der Waals surface area contributed by atoms with Gasteiger partial charge in [0.05, 0.1) is 12.2 Å². The van der Waals surface area contributed by atoms with Crippen LogP contribution in [0.1, 0.15) is 52.2 Å². The number of benzene rings is 1. The molecule has 0 radical (unpaired) electrons. The minimum atomic E-state index is -0.624. The third-order valence-corrected chi connectivity index (χ3v) is 4.75. The van der Waals surface area contributed by atoms with Crippen molar-refractivity contribution in [3.63, 3.8) is 0 Å². The molecule has 1 heterocycles. The number of rotatable bonds is 10. The zero-order valence-electron chi connectivity index (χ0n) is 18.4. The maximum atomic E-state index is 10.6. The topological polar surface area (TPSA) is 69.1 Å². The van der Waals surface area contributed by atoms with Crippen molar-refractivity contribution in [2.24, 2.45) is 10.9 Å². The van der Waals surface area contributed by atoms with Gasteiger partial charge >= 0.3 is 0 Å². The van der Waals surface area contributed by atoms with E-state index in [4.69, 9.17) is 9.73 Å². The van der Waals surface area contributed by atoms with Crippen LogP contribution in [0.2, 0.25) is 0 Å². The number of nitrogens with one attached hydrogen (secondary N) is 2.